The molecule has 0 atom stereocenters. The topological polar surface area (TPSA) is 43.1 Å². The van der Waals surface area contributed by atoms with Gasteiger partial charge in [-0.15, -0.1) is 6.58 Å². The number of thioether (sulfide) groups is 1. The molecule has 0 saturated carbocycles. The van der Waals surface area contributed by atoms with Crippen LogP contribution in [0.4, 0.5) is 4.39 Å². The van der Waals surface area contributed by atoms with Gasteiger partial charge in [-0.05, 0) is 36.0 Å². The molecule has 0 spiro atoms. The minimum absolute atomic E-state index is 0.193. The lowest BCUT2D eigenvalue weighted by atomic mass is 9.98. The highest BCUT2D eigenvalue weighted by Crippen LogP contribution is 2.20. The molecule has 2 N–H and O–H groups in total. The summed E-state index contributed by atoms with van der Waals surface area (Å²) in [5.41, 5.74) is 4.69. The summed E-state index contributed by atoms with van der Waals surface area (Å²) in [6.07, 6.45) is 5.70. The van der Waals surface area contributed by atoms with E-state index >= 15 is 0 Å². The number of allylic oxidation sites excluding steroid dienone is 1. The van der Waals surface area contributed by atoms with Crippen LogP contribution in [0.25, 0.3) is 11.1 Å². The molecule has 29 heavy (non-hydrogen) atoms. The first kappa shape index (κ1) is 29.6. The lowest BCUT2D eigenvalue weighted by molar-refractivity contribution is 0.102. The second-order valence-corrected chi connectivity index (χ2v) is 8.44. The minimum Gasteiger partial charge on any atom is -0.293 e. The molecule has 162 valence electrons. The van der Waals surface area contributed by atoms with Crippen molar-refractivity contribution in [2.45, 2.75) is 27.7 Å². The predicted molar refractivity (Wildman–Crippen MR) is 134 cm³/mol. The molecule has 5 heteroatoms. The number of alkyl halides is 1. The average Bonchev–Trinajstić information content (AvgIpc) is 2.71. The molecule has 0 fully saturated rings. The van der Waals surface area contributed by atoms with Crippen molar-refractivity contribution in [3.8, 4) is 11.1 Å². The first-order valence-corrected chi connectivity index (χ1v) is 11.8. The van der Waals surface area contributed by atoms with Gasteiger partial charge in [0.1, 0.15) is 0 Å². The van der Waals surface area contributed by atoms with Gasteiger partial charge in [-0.1, -0.05) is 92.9 Å². The van der Waals surface area contributed by atoms with Crippen LogP contribution in [0.3, 0.4) is 0 Å². The average molecular weight is 438 g/mol. The van der Waals surface area contributed by atoms with Gasteiger partial charge in [0, 0.05) is 5.56 Å². The molecule has 0 aliphatic rings. The third-order valence-electron chi connectivity index (χ3n) is 3.48. The fourth-order valence-corrected chi connectivity index (χ4v) is 2.24. The molecule has 0 amide bonds. The fourth-order valence-electron chi connectivity index (χ4n) is 1.81. The summed E-state index contributed by atoms with van der Waals surface area (Å²) in [5.74, 6) is 0.738. The van der Waals surface area contributed by atoms with Gasteiger partial charge in [0.25, 0.3) is 0 Å². The zero-order valence-electron chi connectivity index (χ0n) is 18.8. The number of ketones is 1. The monoisotopic (exact) mass is 437 g/mol. The van der Waals surface area contributed by atoms with E-state index in [4.69, 9.17) is 5.14 Å². The van der Waals surface area contributed by atoms with Crippen molar-refractivity contribution in [2.24, 2.45) is 10.6 Å². The molecular weight excluding hydrogens is 401 g/mol. The Bertz CT molecular complexity index is 678. The van der Waals surface area contributed by atoms with Gasteiger partial charge >= 0.3 is 0 Å². The van der Waals surface area contributed by atoms with Crippen molar-refractivity contribution < 1.29 is 9.18 Å². The van der Waals surface area contributed by atoms with E-state index < -0.39 is 0 Å². The lowest BCUT2D eigenvalue weighted by Crippen LogP contribution is -2.01. The highest BCUT2D eigenvalue weighted by Gasteiger charge is 2.05. The second-order valence-electron chi connectivity index (χ2n) is 7.11. The lowest BCUT2D eigenvalue weighted by Gasteiger charge is -2.08. The largest absolute Gasteiger partial charge is 0.293 e. The van der Waals surface area contributed by atoms with Crippen molar-refractivity contribution in [3.63, 3.8) is 0 Å². The summed E-state index contributed by atoms with van der Waals surface area (Å²) in [6, 6.07) is 16.3. The van der Waals surface area contributed by atoms with Crippen molar-refractivity contribution in [1.82, 2.24) is 0 Å². The zero-order chi connectivity index (χ0) is 22.9. The molecule has 0 saturated heterocycles. The van der Waals surface area contributed by atoms with Crippen LogP contribution in [0.1, 0.15) is 36.7 Å². The van der Waals surface area contributed by atoms with E-state index in [1.54, 1.807) is 11.8 Å². The number of carbonyl (C=O) groups is 1. The van der Waals surface area contributed by atoms with Crippen molar-refractivity contribution in [3.05, 3.63) is 72.3 Å². The summed E-state index contributed by atoms with van der Waals surface area (Å²) < 4.78 is 9.50. The number of carbonyl (C=O) groups excluding carboxylic acids is 1. The van der Waals surface area contributed by atoms with Crippen molar-refractivity contribution in [1.29, 1.82) is 0 Å². The molecule has 0 heterocycles. The van der Waals surface area contributed by atoms with E-state index in [1.165, 1.54) is 23.1 Å². The number of nitrogens with two attached hydrogens (primary N) is 1. The highest BCUT2D eigenvalue weighted by molar-refractivity contribution is 7.99. The van der Waals surface area contributed by atoms with Gasteiger partial charge in [-0.25, -0.2) is 0 Å². The summed E-state index contributed by atoms with van der Waals surface area (Å²) >= 11 is 2.81. The van der Waals surface area contributed by atoms with Crippen LogP contribution in [0, 0.1) is 12.3 Å². The van der Waals surface area contributed by atoms with E-state index in [9.17, 15) is 9.18 Å². The number of hydrogen-bond donors (Lipinski definition) is 1. The Hall–Kier alpha value is -1.56. The van der Waals surface area contributed by atoms with Gasteiger partial charge in [0.05, 0.1) is 12.9 Å². The molecule has 2 aromatic carbocycles. The van der Waals surface area contributed by atoms with E-state index in [2.05, 4.69) is 58.5 Å². The Morgan fingerprint density at radius 1 is 1.00 bits per heavy atom. The van der Waals surface area contributed by atoms with Crippen LogP contribution in [0.5, 0.6) is 0 Å². The van der Waals surface area contributed by atoms with Crippen LogP contribution >= 0.6 is 23.7 Å². The fraction of sp³-hybridized carbons (Fsp3) is 0.375. The second kappa shape index (κ2) is 17.3. The normalized spacial score (nSPS) is 9.55. The third kappa shape index (κ3) is 15.0. The minimum atomic E-state index is 0.193. The number of Topliss-reactive ketones (excluding diaryl/α,β-unsaturated/α-hetero) is 1. The molecule has 0 aliphatic carbocycles. The van der Waals surface area contributed by atoms with Crippen LogP contribution in [0.15, 0.2) is 61.2 Å². The summed E-state index contributed by atoms with van der Waals surface area (Å²) in [7, 11) is 0.500. The first-order valence-electron chi connectivity index (χ1n) is 9.12. The molecule has 0 aromatic heterocycles. The molecular formula is C24H36FNOS2. The van der Waals surface area contributed by atoms with Crippen molar-refractivity contribution in [2.75, 3.05) is 25.4 Å². The number of rotatable bonds is 4. The molecule has 0 radical (unpaired) electrons. The Morgan fingerprint density at radius 3 is 1.66 bits per heavy atom. The summed E-state index contributed by atoms with van der Waals surface area (Å²) in [6.45, 7) is 12.1. The van der Waals surface area contributed by atoms with Crippen molar-refractivity contribution >= 4 is 29.5 Å². The molecule has 2 nitrogen and oxygen atoms in total. The third-order valence-corrected chi connectivity index (χ3v) is 4.03. The van der Waals surface area contributed by atoms with E-state index in [0.29, 0.717) is 18.3 Å². The summed E-state index contributed by atoms with van der Waals surface area (Å²) in [5, 5.41) is 4.76. The maximum Gasteiger partial charge on any atom is 0.172 e. The zero-order valence-corrected chi connectivity index (χ0v) is 20.4. The Kier molecular flexibility index (Phi) is 17.7. The maximum atomic E-state index is 11.7. The Morgan fingerprint density at radius 2 is 1.34 bits per heavy atom. The number of hydrogen-bond acceptors (Lipinski definition) is 4. The van der Waals surface area contributed by atoms with Crippen LogP contribution in [-0.4, -0.2) is 31.2 Å². The smallest absolute Gasteiger partial charge is 0.172 e. The summed E-state index contributed by atoms with van der Waals surface area (Å²) in [4.78, 5) is 11.7. The first-order chi connectivity index (χ1) is 13.7. The van der Waals surface area contributed by atoms with Crippen LogP contribution in [-0.2, 0) is 0 Å². The molecule has 0 unspecified atom stereocenters. The van der Waals surface area contributed by atoms with Gasteiger partial charge in [-0.2, -0.15) is 11.8 Å². The van der Waals surface area contributed by atoms with E-state index in [1.807, 2.05) is 42.9 Å². The van der Waals surface area contributed by atoms with Gasteiger partial charge in [0.15, 0.2) is 5.78 Å². The van der Waals surface area contributed by atoms with Gasteiger partial charge in [0.2, 0.25) is 0 Å². The number of halogens is 1. The number of benzene rings is 2. The molecule has 0 bridgehead atoms. The Labute approximate surface area is 185 Å². The van der Waals surface area contributed by atoms with Gasteiger partial charge in [-0.3, -0.25) is 14.3 Å². The maximum absolute atomic E-state index is 11.7. The number of aryl methyl sites for hydroxylation is 1. The van der Waals surface area contributed by atoms with Gasteiger partial charge < -0.3 is 0 Å². The van der Waals surface area contributed by atoms with E-state index in [0.717, 1.165) is 11.1 Å². The predicted octanol–water partition coefficient (Wildman–Crippen LogP) is 7.24. The quantitative estimate of drug-likeness (QED) is 0.311. The molecule has 2 aromatic rings. The van der Waals surface area contributed by atoms with Crippen LogP contribution < -0.4 is 5.14 Å². The Balaban J connectivity index is 0. The van der Waals surface area contributed by atoms with E-state index in [-0.39, 0.29) is 5.78 Å². The molecule has 0 aliphatic heterocycles. The standard InChI is InChI=1S/C16H16OS.C6H12.CH3F.CH5NS/c1-12-3-5-13(6-4-12)14-7-9-15(10-8-14)16(17)11-18-2;1-5-6(2,3)4;1-2;1-3-2/h3-10H,11H2,1-2H3;5H,1H2,2-4H3;1H3;2H2,1H3. The molecule has 2 rings (SSSR count). The van der Waals surface area contributed by atoms with Crippen LogP contribution in [0.2, 0.25) is 0 Å². The highest BCUT2D eigenvalue weighted by atomic mass is 32.2. The SMILES string of the molecule is C=CC(C)(C)C.CF.CSCC(=O)c1ccc(-c2ccc(C)cc2)cc1.CSN.